The third-order valence-electron chi connectivity index (χ3n) is 2.11. The smallest absolute Gasteiger partial charge is 0.335 e. The van der Waals surface area contributed by atoms with Crippen LogP contribution in [0.5, 0.6) is 0 Å². The Bertz CT molecular complexity index is 520. The zero-order valence-corrected chi connectivity index (χ0v) is 9.58. The van der Waals surface area contributed by atoms with Gasteiger partial charge in [0.15, 0.2) is 9.84 Å². The summed E-state index contributed by atoms with van der Waals surface area (Å²) in [6.07, 6.45) is 0. The average Bonchev–Trinajstić information content (AvgIpc) is 2.17. The Morgan fingerprint density at radius 3 is 2.38 bits per heavy atom. The lowest BCUT2D eigenvalue weighted by molar-refractivity contribution is 0.0696. The second-order valence-electron chi connectivity index (χ2n) is 3.54. The summed E-state index contributed by atoms with van der Waals surface area (Å²) in [5, 5.41) is 7.89. The van der Waals surface area contributed by atoms with Crippen LogP contribution in [0.3, 0.4) is 0 Å². The molecule has 0 unspecified atom stereocenters. The van der Waals surface area contributed by atoms with Crippen molar-refractivity contribution in [1.82, 2.24) is 0 Å². The summed E-state index contributed by atoms with van der Waals surface area (Å²) in [4.78, 5) is 10.1. The van der Waals surface area contributed by atoms with Crippen molar-refractivity contribution in [3.8, 4) is 0 Å². The number of aromatic carboxylic acids is 1. The van der Waals surface area contributed by atoms with Crippen LogP contribution in [-0.2, 0) is 9.84 Å². The van der Waals surface area contributed by atoms with Crippen molar-refractivity contribution < 1.29 is 22.7 Å². The first kappa shape index (κ1) is 12.6. The van der Waals surface area contributed by atoms with Crippen molar-refractivity contribution in [2.45, 2.75) is 24.0 Å². The number of halogens is 1. The predicted octanol–water partition coefficient (Wildman–Crippen LogP) is 1.71. The molecule has 0 atom stereocenters. The van der Waals surface area contributed by atoms with Gasteiger partial charge in [-0.2, -0.15) is 0 Å². The van der Waals surface area contributed by atoms with E-state index in [-0.39, 0.29) is 5.56 Å². The lowest BCUT2D eigenvalue weighted by Gasteiger charge is -2.09. The second kappa shape index (κ2) is 4.21. The molecular weight excluding hydrogens is 235 g/mol. The van der Waals surface area contributed by atoms with E-state index in [0.29, 0.717) is 0 Å². The molecule has 0 spiro atoms. The molecule has 0 bridgehead atoms. The number of hydrogen-bond donors (Lipinski definition) is 1. The third kappa shape index (κ3) is 2.21. The summed E-state index contributed by atoms with van der Waals surface area (Å²) < 4.78 is 36.7. The van der Waals surface area contributed by atoms with Crippen LogP contribution < -0.4 is 0 Å². The predicted molar refractivity (Wildman–Crippen MR) is 55.7 cm³/mol. The van der Waals surface area contributed by atoms with Gasteiger partial charge in [0, 0.05) is 0 Å². The van der Waals surface area contributed by atoms with Crippen LogP contribution >= 0.6 is 0 Å². The highest BCUT2D eigenvalue weighted by molar-refractivity contribution is 7.92. The van der Waals surface area contributed by atoms with Crippen molar-refractivity contribution >= 4 is 15.8 Å². The first-order chi connectivity index (χ1) is 7.26. The molecule has 0 aliphatic rings. The Balaban J connectivity index is 3.45. The van der Waals surface area contributed by atoms with Crippen molar-refractivity contribution in [3.05, 3.63) is 29.6 Å². The van der Waals surface area contributed by atoms with Crippen LogP contribution in [0.1, 0.15) is 24.2 Å². The van der Waals surface area contributed by atoms with Crippen molar-refractivity contribution in [2.24, 2.45) is 0 Å². The molecule has 0 heterocycles. The molecule has 0 aliphatic heterocycles. The lowest BCUT2D eigenvalue weighted by atomic mass is 10.2. The molecule has 1 aromatic carbocycles. The fourth-order valence-corrected chi connectivity index (χ4v) is 2.25. The van der Waals surface area contributed by atoms with Gasteiger partial charge in [0.1, 0.15) is 10.7 Å². The van der Waals surface area contributed by atoms with Gasteiger partial charge < -0.3 is 5.11 Å². The van der Waals surface area contributed by atoms with E-state index in [1.165, 1.54) is 13.8 Å². The molecular formula is C10H11FO4S. The summed E-state index contributed by atoms with van der Waals surface area (Å²) in [5.74, 6) is -2.22. The molecule has 16 heavy (non-hydrogen) atoms. The number of carboxylic acids is 1. The molecule has 1 aromatic rings. The van der Waals surface area contributed by atoms with E-state index >= 15 is 0 Å². The first-order valence-electron chi connectivity index (χ1n) is 4.53. The normalized spacial score (nSPS) is 11.8. The summed E-state index contributed by atoms with van der Waals surface area (Å²) in [6, 6.07) is 2.71. The van der Waals surface area contributed by atoms with Crippen molar-refractivity contribution in [1.29, 1.82) is 0 Å². The summed E-state index contributed by atoms with van der Waals surface area (Å²) in [5.41, 5.74) is -0.249. The highest BCUT2D eigenvalue weighted by Gasteiger charge is 2.24. The van der Waals surface area contributed by atoms with Crippen LogP contribution in [0.25, 0.3) is 0 Å². The molecule has 4 nitrogen and oxygen atoms in total. The van der Waals surface area contributed by atoms with Gasteiger partial charge in [0.2, 0.25) is 0 Å². The largest absolute Gasteiger partial charge is 0.478 e. The topological polar surface area (TPSA) is 71.4 Å². The number of hydrogen-bond acceptors (Lipinski definition) is 3. The van der Waals surface area contributed by atoms with E-state index in [0.717, 1.165) is 18.2 Å². The molecule has 0 radical (unpaired) electrons. The van der Waals surface area contributed by atoms with Gasteiger partial charge in [0.25, 0.3) is 0 Å². The zero-order valence-electron chi connectivity index (χ0n) is 8.77. The van der Waals surface area contributed by atoms with E-state index in [9.17, 15) is 17.6 Å². The van der Waals surface area contributed by atoms with E-state index in [4.69, 9.17) is 5.11 Å². The highest BCUT2D eigenvalue weighted by Crippen LogP contribution is 2.21. The first-order valence-corrected chi connectivity index (χ1v) is 6.08. The van der Waals surface area contributed by atoms with Crippen molar-refractivity contribution in [3.63, 3.8) is 0 Å². The van der Waals surface area contributed by atoms with E-state index in [2.05, 4.69) is 0 Å². The molecule has 88 valence electrons. The van der Waals surface area contributed by atoms with Gasteiger partial charge in [0.05, 0.1) is 10.8 Å². The van der Waals surface area contributed by atoms with E-state index in [1.807, 2.05) is 0 Å². The summed E-state index contributed by atoms with van der Waals surface area (Å²) >= 11 is 0. The quantitative estimate of drug-likeness (QED) is 0.881. The Morgan fingerprint density at radius 1 is 1.38 bits per heavy atom. The lowest BCUT2D eigenvalue weighted by Crippen LogP contribution is -2.16. The number of carboxylic acid groups (broad SMARTS) is 1. The number of benzene rings is 1. The Morgan fingerprint density at radius 2 is 1.94 bits per heavy atom. The van der Waals surface area contributed by atoms with Gasteiger partial charge in [-0.05, 0) is 32.0 Å². The fourth-order valence-electron chi connectivity index (χ4n) is 1.11. The van der Waals surface area contributed by atoms with E-state index < -0.39 is 31.8 Å². The minimum atomic E-state index is -3.80. The monoisotopic (exact) mass is 246 g/mol. The Labute approximate surface area is 92.6 Å². The minimum Gasteiger partial charge on any atom is -0.478 e. The number of sulfone groups is 1. The zero-order chi connectivity index (χ0) is 12.5. The second-order valence-corrected chi connectivity index (χ2v) is 6.02. The maximum absolute atomic E-state index is 13.3. The molecule has 0 saturated carbocycles. The average molecular weight is 246 g/mol. The molecule has 0 aromatic heterocycles. The number of rotatable bonds is 3. The van der Waals surface area contributed by atoms with Gasteiger partial charge >= 0.3 is 5.97 Å². The standard InChI is InChI=1S/C10H11FO4S/c1-6(2)16(14,15)9-5-7(10(12)13)3-4-8(9)11/h3-6H,1-2H3,(H,12,13). The van der Waals surface area contributed by atoms with Crippen LogP contribution in [0.15, 0.2) is 23.1 Å². The fraction of sp³-hybridized carbons (Fsp3) is 0.300. The van der Waals surface area contributed by atoms with Gasteiger partial charge in [-0.25, -0.2) is 17.6 Å². The third-order valence-corrected chi connectivity index (χ3v) is 4.27. The SMILES string of the molecule is CC(C)S(=O)(=O)c1cc(C(=O)O)ccc1F. The van der Waals surface area contributed by atoms with Gasteiger partial charge in [-0.1, -0.05) is 0 Å². The molecule has 0 aliphatic carbocycles. The number of carbonyl (C=O) groups is 1. The van der Waals surface area contributed by atoms with Crippen LogP contribution in [-0.4, -0.2) is 24.7 Å². The Hall–Kier alpha value is -1.43. The summed E-state index contributed by atoms with van der Waals surface area (Å²) in [6.45, 7) is 2.81. The molecule has 0 saturated heterocycles. The highest BCUT2D eigenvalue weighted by atomic mass is 32.2. The minimum absolute atomic E-state index is 0.249. The van der Waals surface area contributed by atoms with Crippen LogP contribution in [0, 0.1) is 5.82 Å². The van der Waals surface area contributed by atoms with Crippen molar-refractivity contribution in [2.75, 3.05) is 0 Å². The summed E-state index contributed by atoms with van der Waals surface area (Å²) in [7, 11) is -3.80. The molecule has 1 N–H and O–H groups in total. The maximum atomic E-state index is 13.3. The van der Waals surface area contributed by atoms with Crippen LogP contribution in [0.2, 0.25) is 0 Å². The van der Waals surface area contributed by atoms with Gasteiger partial charge in [-0.3, -0.25) is 0 Å². The Kier molecular flexibility index (Phi) is 3.32. The van der Waals surface area contributed by atoms with Crippen LogP contribution in [0.4, 0.5) is 4.39 Å². The molecule has 1 rings (SSSR count). The molecule has 6 heteroatoms. The van der Waals surface area contributed by atoms with E-state index in [1.54, 1.807) is 0 Å². The molecule has 0 fully saturated rings. The van der Waals surface area contributed by atoms with Gasteiger partial charge in [-0.15, -0.1) is 0 Å². The maximum Gasteiger partial charge on any atom is 0.335 e. The molecule has 0 amide bonds.